The second-order valence-electron chi connectivity index (χ2n) is 6.00. The van der Waals surface area contributed by atoms with Gasteiger partial charge in [0.25, 0.3) is 0 Å². The SMILES string of the molecule is CCCNC(C)c1cnc(N2CCN3CCCC3C2)s1. The predicted molar refractivity (Wildman–Crippen MR) is 85.6 cm³/mol. The lowest BCUT2D eigenvalue weighted by atomic mass is 10.2. The van der Waals surface area contributed by atoms with Crippen molar-refractivity contribution in [1.29, 1.82) is 0 Å². The van der Waals surface area contributed by atoms with Crippen LogP contribution < -0.4 is 10.2 Å². The van der Waals surface area contributed by atoms with Crippen LogP contribution >= 0.6 is 11.3 Å². The van der Waals surface area contributed by atoms with Gasteiger partial charge in [0.15, 0.2) is 5.13 Å². The molecule has 0 radical (unpaired) electrons. The number of nitrogens with one attached hydrogen (secondary N) is 1. The van der Waals surface area contributed by atoms with E-state index in [2.05, 4.69) is 40.1 Å². The zero-order valence-corrected chi connectivity index (χ0v) is 13.5. The Hall–Kier alpha value is -0.650. The second kappa shape index (κ2) is 6.41. The van der Waals surface area contributed by atoms with Crippen LogP contribution in [-0.4, -0.2) is 48.6 Å². The van der Waals surface area contributed by atoms with Crippen molar-refractivity contribution in [2.45, 2.75) is 45.2 Å². The molecule has 0 spiro atoms. The highest BCUT2D eigenvalue weighted by molar-refractivity contribution is 7.15. The molecule has 2 aliphatic rings. The average molecular weight is 294 g/mol. The van der Waals surface area contributed by atoms with Gasteiger partial charge < -0.3 is 10.2 Å². The molecule has 20 heavy (non-hydrogen) atoms. The first-order chi connectivity index (χ1) is 9.78. The largest absolute Gasteiger partial charge is 0.345 e. The first-order valence-electron chi connectivity index (χ1n) is 7.96. The molecule has 2 unspecified atom stereocenters. The van der Waals surface area contributed by atoms with Crippen LogP contribution in [0.2, 0.25) is 0 Å². The van der Waals surface area contributed by atoms with Gasteiger partial charge in [-0.3, -0.25) is 4.90 Å². The van der Waals surface area contributed by atoms with E-state index in [9.17, 15) is 0 Å². The first-order valence-corrected chi connectivity index (χ1v) is 8.77. The predicted octanol–water partition coefficient (Wildman–Crippen LogP) is 2.49. The minimum atomic E-state index is 0.425. The fraction of sp³-hybridized carbons (Fsp3) is 0.800. The fourth-order valence-corrected chi connectivity index (χ4v) is 4.23. The van der Waals surface area contributed by atoms with E-state index in [0.29, 0.717) is 6.04 Å². The molecule has 2 aliphatic heterocycles. The Morgan fingerprint density at radius 2 is 2.35 bits per heavy atom. The van der Waals surface area contributed by atoms with Gasteiger partial charge in [-0.15, -0.1) is 11.3 Å². The molecule has 5 heteroatoms. The summed E-state index contributed by atoms with van der Waals surface area (Å²) in [6.45, 7) is 10.3. The number of hydrogen-bond donors (Lipinski definition) is 1. The van der Waals surface area contributed by atoms with Crippen molar-refractivity contribution in [2.24, 2.45) is 0 Å². The number of fused-ring (bicyclic) bond motifs is 1. The number of thiazole rings is 1. The van der Waals surface area contributed by atoms with E-state index in [-0.39, 0.29) is 0 Å². The minimum absolute atomic E-state index is 0.425. The molecule has 0 bridgehead atoms. The molecule has 1 aromatic rings. The molecule has 2 atom stereocenters. The van der Waals surface area contributed by atoms with E-state index in [4.69, 9.17) is 0 Å². The lowest BCUT2D eigenvalue weighted by molar-refractivity contribution is 0.231. The highest BCUT2D eigenvalue weighted by atomic mass is 32.1. The smallest absolute Gasteiger partial charge is 0.185 e. The van der Waals surface area contributed by atoms with Crippen molar-refractivity contribution in [3.05, 3.63) is 11.1 Å². The summed E-state index contributed by atoms with van der Waals surface area (Å²) >= 11 is 1.87. The van der Waals surface area contributed by atoms with Gasteiger partial charge in [-0.1, -0.05) is 6.92 Å². The van der Waals surface area contributed by atoms with Crippen LogP contribution in [0, 0.1) is 0 Å². The summed E-state index contributed by atoms with van der Waals surface area (Å²) in [4.78, 5) is 11.2. The van der Waals surface area contributed by atoms with Gasteiger partial charge in [0.1, 0.15) is 0 Å². The Morgan fingerprint density at radius 1 is 1.45 bits per heavy atom. The molecule has 3 heterocycles. The van der Waals surface area contributed by atoms with Crippen LogP contribution in [0.3, 0.4) is 0 Å². The van der Waals surface area contributed by atoms with Crippen molar-refractivity contribution in [3.63, 3.8) is 0 Å². The third-order valence-corrected chi connectivity index (χ3v) is 5.74. The minimum Gasteiger partial charge on any atom is -0.345 e. The van der Waals surface area contributed by atoms with Gasteiger partial charge in [0.05, 0.1) is 0 Å². The van der Waals surface area contributed by atoms with Gasteiger partial charge in [-0.25, -0.2) is 4.98 Å². The van der Waals surface area contributed by atoms with Gasteiger partial charge in [0.2, 0.25) is 0 Å². The summed E-state index contributed by atoms with van der Waals surface area (Å²) in [5.41, 5.74) is 0. The Labute approximate surface area is 126 Å². The standard InChI is InChI=1S/C15H26N4S/c1-3-6-16-12(2)14-10-17-15(20-14)19-9-8-18-7-4-5-13(18)11-19/h10,12-13,16H,3-9,11H2,1-2H3. The molecule has 0 amide bonds. The van der Waals surface area contributed by atoms with E-state index < -0.39 is 0 Å². The van der Waals surface area contributed by atoms with Crippen molar-refractivity contribution in [3.8, 4) is 0 Å². The number of hydrogen-bond acceptors (Lipinski definition) is 5. The summed E-state index contributed by atoms with van der Waals surface area (Å²) in [6, 6.07) is 1.20. The summed E-state index contributed by atoms with van der Waals surface area (Å²) in [5.74, 6) is 0. The normalized spacial score (nSPS) is 24.9. The molecular weight excluding hydrogens is 268 g/mol. The van der Waals surface area contributed by atoms with Crippen molar-refractivity contribution >= 4 is 16.5 Å². The summed E-state index contributed by atoms with van der Waals surface area (Å²) in [6.07, 6.45) is 5.98. The van der Waals surface area contributed by atoms with Gasteiger partial charge >= 0.3 is 0 Å². The molecule has 4 nitrogen and oxygen atoms in total. The molecule has 0 aromatic carbocycles. The van der Waals surface area contributed by atoms with Crippen molar-refractivity contribution < 1.29 is 0 Å². The van der Waals surface area contributed by atoms with Gasteiger partial charge in [0, 0.05) is 42.8 Å². The number of anilines is 1. The van der Waals surface area contributed by atoms with E-state index in [1.54, 1.807) is 0 Å². The van der Waals surface area contributed by atoms with E-state index in [0.717, 1.165) is 19.1 Å². The summed E-state index contributed by atoms with van der Waals surface area (Å²) in [7, 11) is 0. The number of nitrogens with zero attached hydrogens (tertiary/aromatic N) is 3. The topological polar surface area (TPSA) is 31.4 Å². The number of piperazine rings is 1. The molecule has 1 aromatic heterocycles. The lowest BCUT2D eigenvalue weighted by Gasteiger charge is -2.37. The molecule has 0 saturated carbocycles. The van der Waals surface area contributed by atoms with Crippen LogP contribution in [0.5, 0.6) is 0 Å². The highest BCUT2D eigenvalue weighted by Gasteiger charge is 2.31. The third-order valence-electron chi connectivity index (χ3n) is 4.50. The Kier molecular flexibility index (Phi) is 4.58. The van der Waals surface area contributed by atoms with Gasteiger partial charge in [-0.05, 0) is 39.3 Å². The van der Waals surface area contributed by atoms with Crippen molar-refractivity contribution in [1.82, 2.24) is 15.2 Å². The first kappa shape index (κ1) is 14.3. The maximum absolute atomic E-state index is 4.67. The molecule has 1 N–H and O–H groups in total. The van der Waals surface area contributed by atoms with E-state index in [1.807, 2.05) is 11.3 Å². The van der Waals surface area contributed by atoms with Crippen LogP contribution in [0.25, 0.3) is 0 Å². The number of rotatable bonds is 5. The maximum Gasteiger partial charge on any atom is 0.185 e. The molecule has 112 valence electrons. The third kappa shape index (κ3) is 3.00. The van der Waals surface area contributed by atoms with Crippen LogP contribution in [0.4, 0.5) is 5.13 Å². The molecular formula is C15H26N4S. The van der Waals surface area contributed by atoms with Crippen LogP contribution in [0.1, 0.15) is 44.0 Å². The zero-order valence-electron chi connectivity index (χ0n) is 12.6. The molecule has 0 aliphatic carbocycles. The summed E-state index contributed by atoms with van der Waals surface area (Å²) < 4.78 is 0. The van der Waals surface area contributed by atoms with E-state index in [1.165, 1.54) is 48.9 Å². The van der Waals surface area contributed by atoms with Gasteiger partial charge in [-0.2, -0.15) is 0 Å². The monoisotopic (exact) mass is 294 g/mol. The lowest BCUT2D eigenvalue weighted by Crippen LogP contribution is -2.50. The molecule has 3 rings (SSSR count). The maximum atomic E-state index is 4.67. The molecule has 2 saturated heterocycles. The number of aromatic nitrogens is 1. The van der Waals surface area contributed by atoms with E-state index >= 15 is 0 Å². The van der Waals surface area contributed by atoms with Crippen LogP contribution in [-0.2, 0) is 0 Å². The van der Waals surface area contributed by atoms with Crippen LogP contribution in [0.15, 0.2) is 6.20 Å². The zero-order chi connectivity index (χ0) is 13.9. The Morgan fingerprint density at radius 3 is 3.20 bits per heavy atom. The Balaban J connectivity index is 1.61. The van der Waals surface area contributed by atoms with Crippen molar-refractivity contribution in [2.75, 3.05) is 37.6 Å². The molecule has 2 fully saturated rings. The summed E-state index contributed by atoms with van der Waals surface area (Å²) in [5, 5.41) is 4.76. The average Bonchev–Trinajstić information content (AvgIpc) is 3.12. The quantitative estimate of drug-likeness (QED) is 0.904. The highest BCUT2D eigenvalue weighted by Crippen LogP contribution is 2.30. The second-order valence-corrected chi connectivity index (χ2v) is 7.04. The fourth-order valence-electron chi connectivity index (χ4n) is 3.25. The Bertz CT molecular complexity index is 433.